The maximum atomic E-state index is 11.9. The normalized spacial score (nSPS) is 16.2. The summed E-state index contributed by atoms with van der Waals surface area (Å²) in [4.78, 5) is 12.1. The van der Waals surface area contributed by atoms with E-state index < -0.39 is 10.0 Å². The van der Waals surface area contributed by atoms with Crippen molar-refractivity contribution in [3.05, 3.63) is 78.4 Å². The highest BCUT2D eigenvalue weighted by Gasteiger charge is 2.23. The summed E-state index contributed by atoms with van der Waals surface area (Å²) in [5.41, 5.74) is 2.84. The van der Waals surface area contributed by atoms with Gasteiger partial charge in [0.05, 0.1) is 12.6 Å². The Balaban J connectivity index is 1.22. The standard InChI is InChI=1S/C28H31N5O3S/c1-36-25-12-11-20(17-26(25)37(29,34)35)13-15-33-16-14-21(19-33)18-30-28-23-9-5-6-10-24(23)31-27(32-28)22-7-3-2-4-8-22/h2-12,17,21H,13-16,18-19H2,1H3,(H2,29,34,35)(H,30,31,32)/t21-/m1/s1. The average Bonchev–Trinajstić information content (AvgIpc) is 3.38. The van der Waals surface area contributed by atoms with Crippen molar-refractivity contribution in [2.24, 2.45) is 11.1 Å². The number of aromatic nitrogens is 2. The summed E-state index contributed by atoms with van der Waals surface area (Å²) in [6, 6.07) is 23.3. The minimum absolute atomic E-state index is 0.0305. The molecule has 0 bridgehead atoms. The fraction of sp³-hybridized carbons (Fsp3) is 0.286. The zero-order valence-corrected chi connectivity index (χ0v) is 21.6. The summed E-state index contributed by atoms with van der Waals surface area (Å²) in [5.74, 6) is 2.33. The van der Waals surface area contributed by atoms with E-state index in [4.69, 9.17) is 19.8 Å². The van der Waals surface area contributed by atoms with Gasteiger partial charge in [-0.3, -0.25) is 0 Å². The summed E-state index contributed by atoms with van der Waals surface area (Å²) < 4.78 is 29.0. The SMILES string of the molecule is COc1ccc(CCN2CC[C@H](CNc3nc(-c4ccccc4)nc4ccccc34)C2)cc1S(N)(=O)=O. The highest BCUT2D eigenvalue weighted by Crippen LogP contribution is 2.27. The second-order valence-corrected chi connectivity index (χ2v) is 10.9. The second kappa shape index (κ2) is 10.8. The van der Waals surface area contributed by atoms with E-state index in [1.54, 1.807) is 12.1 Å². The molecule has 0 radical (unpaired) electrons. The average molecular weight is 518 g/mol. The molecule has 5 rings (SSSR count). The van der Waals surface area contributed by atoms with Crippen LogP contribution in [-0.4, -0.2) is 56.6 Å². The lowest BCUT2D eigenvalue weighted by molar-refractivity contribution is 0.330. The molecule has 4 aromatic rings. The molecule has 3 aromatic carbocycles. The summed E-state index contributed by atoms with van der Waals surface area (Å²) in [5, 5.41) is 9.98. The van der Waals surface area contributed by atoms with Gasteiger partial charge in [-0.2, -0.15) is 0 Å². The molecule has 0 saturated carbocycles. The summed E-state index contributed by atoms with van der Waals surface area (Å²) in [7, 11) is -2.40. The lowest BCUT2D eigenvalue weighted by atomic mass is 10.1. The highest BCUT2D eigenvalue weighted by atomic mass is 32.2. The largest absolute Gasteiger partial charge is 0.495 e. The molecule has 1 atom stereocenters. The smallest absolute Gasteiger partial charge is 0.241 e. The van der Waals surface area contributed by atoms with E-state index in [9.17, 15) is 8.42 Å². The van der Waals surface area contributed by atoms with Crippen molar-refractivity contribution in [2.75, 3.05) is 38.6 Å². The third kappa shape index (κ3) is 5.90. The zero-order chi connectivity index (χ0) is 25.8. The number of benzene rings is 3. The van der Waals surface area contributed by atoms with Crippen molar-refractivity contribution in [2.45, 2.75) is 17.7 Å². The van der Waals surface area contributed by atoms with Crippen molar-refractivity contribution in [1.29, 1.82) is 0 Å². The fourth-order valence-corrected chi connectivity index (χ4v) is 5.58. The summed E-state index contributed by atoms with van der Waals surface area (Å²) in [6.45, 7) is 3.65. The number of ether oxygens (including phenoxy) is 1. The van der Waals surface area contributed by atoms with Crippen LogP contribution >= 0.6 is 0 Å². The molecule has 8 nitrogen and oxygen atoms in total. The van der Waals surface area contributed by atoms with Gasteiger partial charge in [-0.25, -0.2) is 23.5 Å². The lowest BCUT2D eigenvalue weighted by Gasteiger charge is -2.17. The number of para-hydroxylation sites is 1. The first-order chi connectivity index (χ1) is 17.9. The first-order valence-electron chi connectivity index (χ1n) is 12.4. The number of hydrogen-bond donors (Lipinski definition) is 2. The number of fused-ring (bicyclic) bond motifs is 1. The number of hydrogen-bond acceptors (Lipinski definition) is 7. The second-order valence-electron chi connectivity index (χ2n) is 9.40. The molecular weight excluding hydrogens is 486 g/mol. The molecule has 1 aliphatic rings. The molecule has 192 valence electrons. The van der Waals surface area contributed by atoms with Crippen LogP contribution in [0.1, 0.15) is 12.0 Å². The van der Waals surface area contributed by atoms with Gasteiger partial charge in [0.15, 0.2) is 5.82 Å². The van der Waals surface area contributed by atoms with Gasteiger partial charge >= 0.3 is 0 Å². The number of rotatable bonds is 9. The third-order valence-corrected chi connectivity index (χ3v) is 7.75. The van der Waals surface area contributed by atoms with E-state index >= 15 is 0 Å². The van der Waals surface area contributed by atoms with Crippen LogP contribution in [0.3, 0.4) is 0 Å². The Kier molecular flexibility index (Phi) is 7.36. The molecular formula is C28H31N5O3S. The topological polar surface area (TPSA) is 110 Å². The highest BCUT2D eigenvalue weighted by molar-refractivity contribution is 7.89. The van der Waals surface area contributed by atoms with Crippen LogP contribution in [0.25, 0.3) is 22.3 Å². The molecule has 1 fully saturated rings. The Hall–Kier alpha value is -3.53. The molecule has 0 amide bonds. The van der Waals surface area contributed by atoms with Crippen LogP contribution in [0.4, 0.5) is 5.82 Å². The van der Waals surface area contributed by atoms with E-state index in [0.29, 0.717) is 11.7 Å². The monoisotopic (exact) mass is 517 g/mol. The van der Waals surface area contributed by atoms with Crippen molar-refractivity contribution in [1.82, 2.24) is 14.9 Å². The van der Waals surface area contributed by atoms with Gasteiger partial charge in [0.1, 0.15) is 16.5 Å². The van der Waals surface area contributed by atoms with Gasteiger partial charge < -0.3 is 15.0 Å². The number of nitrogens with one attached hydrogen (secondary N) is 1. The fourth-order valence-electron chi connectivity index (χ4n) is 4.84. The van der Waals surface area contributed by atoms with Gasteiger partial charge in [-0.05, 0) is 55.1 Å². The molecule has 37 heavy (non-hydrogen) atoms. The Labute approximate surface area is 217 Å². The quantitative estimate of drug-likeness (QED) is 0.346. The molecule has 1 aliphatic heterocycles. The van der Waals surface area contributed by atoms with Crippen LogP contribution in [0.15, 0.2) is 77.7 Å². The van der Waals surface area contributed by atoms with Crippen molar-refractivity contribution in [3.8, 4) is 17.1 Å². The van der Waals surface area contributed by atoms with E-state index in [1.165, 1.54) is 7.11 Å². The maximum absolute atomic E-state index is 11.9. The van der Waals surface area contributed by atoms with Crippen LogP contribution in [-0.2, 0) is 16.4 Å². The lowest BCUT2D eigenvalue weighted by Crippen LogP contribution is -2.25. The van der Waals surface area contributed by atoms with Gasteiger partial charge in [0, 0.05) is 30.6 Å². The molecule has 2 heterocycles. The number of nitrogens with two attached hydrogens (primary N) is 1. The third-order valence-electron chi connectivity index (χ3n) is 6.81. The van der Waals surface area contributed by atoms with Crippen LogP contribution < -0.4 is 15.2 Å². The first-order valence-corrected chi connectivity index (χ1v) is 13.9. The number of nitrogens with zero attached hydrogens (tertiary/aromatic N) is 3. The molecule has 9 heteroatoms. The summed E-state index contributed by atoms with van der Waals surface area (Å²) in [6.07, 6.45) is 1.83. The maximum Gasteiger partial charge on any atom is 0.241 e. The van der Waals surface area contributed by atoms with E-state index in [-0.39, 0.29) is 10.6 Å². The van der Waals surface area contributed by atoms with Gasteiger partial charge in [-0.1, -0.05) is 48.5 Å². The van der Waals surface area contributed by atoms with Crippen LogP contribution in [0.2, 0.25) is 0 Å². The Morgan fingerprint density at radius 1 is 1.05 bits per heavy atom. The van der Waals surface area contributed by atoms with Crippen LogP contribution in [0, 0.1) is 5.92 Å². The van der Waals surface area contributed by atoms with Crippen molar-refractivity contribution < 1.29 is 13.2 Å². The molecule has 0 aliphatic carbocycles. The molecule has 0 spiro atoms. The van der Waals surface area contributed by atoms with Crippen molar-refractivity contribution in [3.63, 3.8) is 0 Å². The Bertz CT molecular complexity index is 1490. The number of primary sulfonamides is 1. The number of methoxy groups -OCH3 is 1. The molecule has 1 aromatic heterocycles. The van der Waals surface area contributed by atoms with Gasteiger partial charge in [-0.15, -0.1) is 0 Å². The van der Waals surface area contributed by atoms with Gasteiger partial charge in [0.25, 0.3) is 0 Å². The molecule has 3 N–H and O–H groups in total. The van der Waals surface area contributed by atoms with E-state index in [1.807, 2.05) is 54.6 Å². The number of sulfonamides is 1. The zero-order valence-electron chi connectivity index (χ0n) is 20.8. The number of anilines is 1. The van der Waals surface area contributed by atoms with E-state index in [0.717, 1.165) is 66.9 Å². The predicted molar refractivity (Wildman–Crippen MR) is 146 cm³/mol. The minimum Gasteiger partial charge on any atom is -0.495 e. The predicted octanol–water partition coefficient (Wildman–Crippen LogP) is 3.93. The van der Waals surface area contributed by atoms with Crippen LogP contribution in [0.5, 0.6) is 5.75 Å². The summed E-state index contributed by atoms with van der Waals surface area (Å²) >= 11 is 0. The molecule has 0 unspecified atom stereocenters. The Morgan fingerprint density at radius 3 is 2.62 bits per heavy atom. The number of likely N-dealkylation sites (tertiary alicyclic amines) is 1. The minimum atomic E-state index is -3.84. The Morgan fingerprint density at radius 2 is 1.84 bits per heavy atom. The molecule has 1 saturated heterocycles. The van der Waals surface area contributed by atoms with Gasteiger partial charge in [0.2, 0.25) is 10.0 Å². The van der Waals surface area contributed by atoms with E-state index in [2.05, 4.69) is 16.3 Å². The first kappa shape index (κ1) is 25.1. The van der Waals surface area contributed by atoms with Crippen molar-refractivity contribution >= 4 is 26.7 Å².